The Labute approximate surface area is 167 Å². The van der Waals surface area contributed by atoms with E-state index in [1.165, 1.54) is 11.3 Å². The van der Waals surface area contributed by atoms with Gasteiger partial charge in [-0.2, -0.15) is 0 Å². The minimum Gasteiger partial charge on any atom is -0.508 e. The lowest BCUT2D eigenvalue weighted by atomic mass is 10.1. The van der Waals surface area contributed by atoms with E-state index in [4.69, 9.17) is 0 Å². The number of phenolic OH excluding ortho intramolecular Hbond substituents is 1. The Morgan fingerprint density at radius 3 is 2.46 bits per heavy atom. The van der Waals surface area contributed by atoms with E-state index in [2.05, 4.69) is 16.0 Å². The fourth-order valence-corrected chi connectivity index (χ4v) is 4.35. The zero-order chi connectivity index (χ0) is 19.5. The Morgan fingerprint density at radius 1 is 0.964 bits per heavy atom. The van der Waals surface area contributed by atoms with Crippen molar-refractivity contribution in [1.29, 1.82) is 0 Å². The molecule has 2 aliphatic heterocycles. The molecule has 0 atom stereocenters. The Kier molecular flexibility index (Phi) is 5.57. The van der Waals surface area contributed by atoms with Crippen molar-refractivity contribution in [2.45, 2.75) is 19.3 Å². The number of carbonyl (C=O) groups is 1. The summed E-state index contributed by atoms with van der Waals surface area (Å²) in [7, 11) is 1.99. The summed E-state index contributed by atoms with van der Waals surface area (Å²) >= 11 is 0. The van der Waals surface area contributed by atoms with Gasteiger partial charge in [0.1, 0.15) is 5.75 Å². The van der Waals surface area contributed by atoms with Crippen LogP contribution in [0.4, 0.5) is 5.69 Å². The number of piperazine rings is 1. The number of benzene rings is 1. The van der Waals surface area contributed by atoms with Crippen LogP contribution in [0.25, 0.3) is 0 Å². The fraction of sp³-hybridized carbons (Fsp3) is 0.500. The molecule has 0 unspecified atom stereocenters. The summed E-state index contributed by atoms with van der Waals surface area (Å²) in [5.74, 6) is 0.512. The second-order valence-corrected chi connectivity index (χ2v) is 7.96. The van der Waals surface area contributed by atoms with Crippen LogP contribution in [0.15, 0.2) is 36.7 Å². The predicted octanol–water partition coefficient (Wildman–Crippen LogP) is 2.33. The standard InChI is InChI=1S/C22H30N4O2/c1-23-16-18-4-2-10-26(22(28)21(18)17-23)11-3-9-24-12-14-25(15-13-24)19-5-7-20(27)8-6-19/h5-8,16-17,27H,2-4,9-15H2,1H3. The lowest BCUT2D eigenvalue weighted by Crippen LogP contribution is -2.47. The molecule has 6 heteroatoms. The number of aryl methyl sites for hydroxylation is 2. The molecule has 1 N–H and O–H groups in total. The summed E-state index contributed by atoms with van der Waals surface area (Å²) in [6.07, 6.45) is 7.13. The molecule has 0 saturated carbocycles. The zero-order valence-corrected chi connectivity index (χ0v) is 16.7. The minimum atomic E-state index is 0.199. The third kappa shape index (κ3) is 4.17. The molecular formula is C22H30N4O2. The minimum absolute atomic E-state index is 0.199. The van der Waals surface area contributed by atoms with E-state index in [0.29, 0.717) is 5.75 Å². The summed E-state index contributed by atoms with van der Waals surface area (Å²) in [6, 6.07) is 7.46. The summed E-state index contributed by atoms with van der Waals surface area (Å²) in [5.41, 5.74) is 3.26. The maximum absolute atomic E-state index is 12.8. The molecule has 1 amide bonds. The second kappa shape index (κ2) is 8.27. The van der Waals surface area contributed by atoms with Gasteiger partial charge in [-0.15, -0.1) is 0 Å². The van der Waals surface area contributed by atoms with E-state index < -0.39 is 0 Å². The highest BCUT2D eigenvalue weighted by atomic mass is 16.3. The number of carbonyl (C=O) groups excluding carboxylic acids is 1. The number of anilines is 1. The Balaban J connectivity index is 1.24. The first-order valence-corrected chi connectivity index (χ1v) is 10.3. The quantitative estimate of drug-likeness (QED) is 0.862. The number of amides is 1. The van der Waals surface area contributed by atoms with Crippen molar-refractivity contribution in [3.63, 3.8) is 0 Å². The van der Waals surface area contributed by atoms with Gasteiger partial charge in [-0.25, -0.2) is 0 Å². The van der Waals surface area contributed by atoms with Gasteiger partial charge in [-0.05, 0) is 55.6 Å². The Hall–Kier alpha value is -2.47. The van der Waals surface area contributed by atoms with Crippen molar-refractivity contribution in [2.75, 3.05) is 50.7 Å². The van der Waals surface area contributed by atoms with Gasteiger partial charge >= 0.3 is 0 Å². The molecule has 0 spiro atoms. The van der Waals surface area contributed by atoms with Crippen molar-refractivity contribution in [3.8, 4) is 5.75 Å². The van der Waals surface area contributed by atoms with Crippen LogP contribution in [0.5, 0.6) is 5.75 Å². The summed E-state index contributed by atoms with van der Waals surface area (Å²) in [5, 5.41) is 9.44. The molecule has 0 aliphatic carbocycles. The molecule has 2 aliphatic rings. The molecule has 4 rings (SSSR count). The average Bonchev–Trinajstić information content (AvgIpc) is 3.01. The first-order valence-electron chi connectivity index (χ1n) is 10.3. The Morgan fingerprint density at radius 2 is 1.71 bits per heavy atom. The first kappa shape index (κ1) is 18.9. The predicted molar refractivity (Wildman–Crippen MR) is 111 cm³/mol. The number of aromatic nitrogens is 1. The largest absolute Gasteiger partial charge is 0.508 e. The summed E-state index contributed by atoms with van der Waals surface area (Å²) < 4.78 is 2.00. The van der Waals surface area contributed by atoms with Gasteiger partial charge in [0.15, 0.2) is 0 Å². The van der Waals surface area contributed by atoms with E-state index in [9.17, 15) is 9.90 Å². The van der Waals surface area contributed by atoms with E-state index in [1.807, 2.05) is 34.8 Å². The maximum atomic E-state index is 12.8. The fourth-order valence-electron chi connectivity index (χ4n) is 4.35. The molecule has 1 aromatic heterocycles. The van der Waals surface area contributed by atoms with Gasteiger partial charge in [0.2, 0.25) is 0 Å². The molecule has 1 fully saturated rings. The third-order valence-corrected chi connectivity index (χ3v) is 5.92. The molecule has 6 nitrogen and oxygen atoms in total. The number of nitrogens with zero attached hydrogens (tertiary/aromatic N) is 4. The molecule has 1 aromatic carbocycles. The number of aromatic hydroxyl groups is 1. The average molecular weight is 383 g/mol. The molecule has 150 valence electrons. The van der Waals surface area contributed by atoms with Crippen LogP contribution < -0.4 is 4.90 Å². The van der Waals surface area contributed by atoms with Crippen LogP contribution in [0.1, 0.15) is 28.8 Å². The van der Waals surface area contributed by atoms with Gasteiger partial charge in [0.25, 0.3) is 5.91 Å². The SMILES string of the molecule is Cn1cc2c(c1)C(=O)N(CCCN1CCN(c3ccc(O)cc3)CC1)CCC2. The van der Waals surface area contributed by atoms with Gasteiger partial charge in [-0.1, -0.05) is 0 Å². The lowest BCUT2D eigenvalue weighted by Gasteiger charge is -2.36. The second-order valence-electron chi connectivity index (χ2n) is 7.96. The number of fused-ring (bicyclic) bond motifs is 1. The van der Waals surface area contributed by atoms with Gasteiger partial charge in [-0.3, -0.25) is 9.69 Å². The van der Waals surface area contributed by atoms with Crippen molar-refractivity contribution in [1.82, 2.24) is 14.4 Å². The summed E-state index contributed by atoms with van der Waals surface area (Å²) in [4.78, 5) is 19.7. The van der Waals surface area contributed by atoms with Crippen LogP contribution in [-0.4, -0.2) is 71.2 Å². The highest BCUT2D eigenvalue weighted by Gasteiger charge is 2.24. The number of hydrogen-bond acceptors (Lipinski definition) is 4. The molecule has 2 aromatic rings. The topological polar surface area (TPSA) is 52.0 Å². The smallest absolute Gasteiger partial charge is 0.255 e. The maximum Gasteiger partial charge on any atom is 0.255 e. The van der Waals surface area contributed by atoms with Gasteiger partial charge in [0, 0.05) is 64.4 Å². The van der Waals surface area contributed by atoms with Crippen LogP contribution in [-0.2, 0) is 13.5 Å². The third-order valence-electron chi connectivity index (χ3n) is 5.92. The van der Waals surface area contributed by atoms with Gasteiger partial charge < -0.3 is 19.5 Å². The van der Waals surface area contributed by atoms with Crippen LogP contribution >= 0.6 is 0 Å². The molecule has 3 heterocycles. The van der Waals surface area contributed by atoms with Crippen LogP contribution in [0.2, 0.25) is 0 Å². The van der Waals surface area contributed by atoms with E-state index in [-0.39, 0.29) is 5.91 Å². The highest BCUT2D eigenvalue weighted by molar-refractivity contribution is 5.96. The van der Waals surface area contributed by atoms with Crippen LogP contribution in [0, 0.1) is 0 Å². The lowest BCUT2D eigenvalue weighted by molar-refractivity contribution is 0.0752. The number of hydrogen-bond donors (Lipinski definition) is 1. The molecule has 0 bridgehead atoms. The van der Waals surface area contributed by atoms with Crippen molar-refractivity contribution < 1.29 is 9.90 Å². The molecule has 28 heavy (non-hydrogen) atoms. The molecule has 0 radical (unpaired) electrons. The van der Waals surface area contributed by atoms with Crippen molar-refractivity contribution in [3.05, 3.63) is 47.8 Å². The number of rotatable bonds is 5. The summed E-state index contributed by atoms with van der Waals surface area (Å²) in [6.45, 7) is 6.82. The highest BCUT2D eigenvalue weighted by Crippen LogP contribution is 2.21. The van der Waals surface area contributed by atoms with Gasteiger partial charge in [0.05, 0.1) is 5.56 Å². The molecular weight excluding hydrogens is 352 g/mol. The first-order chi connectivity index (χ1) is 13.6. The zero-order valence-electron chi connectivity index (χ0n) is 16.7. The number of phenols is 1. The van der Waals surface area contributed by atoms with E-state index in [1.54, 1.807) is 12.1 Å². The molecule has 1 saturated heterocycles. The van der Waals surface area contributed by atoms with Crippen molar-refractivity contribution >= 4 is 11.6 Å². The van der Waals surface area contributed by atoms with Crippen molar-refractivity contribution in [2.24, 2.45) is 7.05 Å². The van der Waals surface area contributed by atoms with E-state index in [0.717, 1.165) is 70.6 Å². The van der Waals surface area contributed by atoms with Crippen LogP contribution in [0.3, 0.4) is 0 Å². The Bertz CT molecular complexity index is 806. The monoisotopic (exact) mass is 382 g/mol. The normalized spacial score (nSPS) is 18.2. The van der Waals surface area contributed by atoms with E-state index >= 15 is 0 Å².